The summed E-state index contributed by atoms with van der Waals surface area (Å²) in [7, 11) is 0. The highest BCUT2D eigenvalue weighted by molar-refractivity contribution is 7.09. The maximum absolute atomic E-state index is 12.4. The molecule has 0 unspecified atom stereocenters. The molecule has 1 heterocycles. The molecule has 0 bridgehead atoms. The van der Waals surface area contributed by atoms with Gasteiger partial charge in [0, 0.05) is 22.2 Å². The zero-order valence-electron chi connectivity index (χ0n) is 14.1. The van der Waals surface area contributed by atoms with E-state index in [0.29, 0.717) is 5.56 Å². The first-order valence-corrected chi connectivity index (χ1v) is 8.87. The number of benzene rings is 2. The standard InChI is InChI=1S/C20H20N2OS/c1-4-19-22-18(12-24-19)15-5-7-16(8-6-15)20(23)21-17-10-13(2)9-14(3)11-17/h5-12H,4H2,1-3H3,(H,21,23). The molecule has 0 aliphatic rings. The molecule has 1 amide bonds. The maximum Gasteiger partial charge on any atom is 0.255 e. The van der Waals surface area contributed by atoms with Crippen molar-refractivity contribution in [2.45, 2.75) is 27.2 Å². The minimum Gasteiger partial charge on any atom is -0.322 e. The molecule has 0 radical (unpaired) electrons. The van der Waals surface area contributed by atoms with E-state index in [9.17, 15) is 4.79 Å². The van der Waals surface area contributed by atoms with Crippen molar-refractivity contribution in [2.24, 2.45) is 0 Å². The molecular weight excluding hydrogens is 316 g/mol. The molecule has 0 fully saturated rings. The van der Waals surface area contributed by atoms with Crippen molar-refractivity contribution < 1.29 is 4.79 Å². The summed E-state index contributed by atoms with van der Waals surface area (Å²) >= 11 is 1.67. The molecular formula is C20H20N2OS. The Labute approximate surface area is 146 Å². The second kappa shape index (κ2) is 6.97. The third-order valence-corrected chi connectivity index (χ3v) is 4.77. The lowest BCUT2D eigenvalue weighted by Gasteiger charge is -2.08. The number of aryl methyl sites for hydroxylation is 3. The van der Waals surface area contributed by atoms with Crippen LogP contribution in [-0.2, 0) is 6.42 Å². The molecule has 3 rings (SSSR count). The van der Waals surface area contributed by atoms with Gasteiger partial charge in [-0.2, -0.15) is 0 Å². The number of nitrogens with one attached hydrogen (secondary N) is 1. The Morgan fingerprint density at radius 3 is 2.33 bits per heavy atom. The predicted octanol–water partition coefficient (Wildman–Crippen LogP) is 5.24. The van der Waals surface area contributed by atoms with Gasteiger partial charge in [0.25, 0.3) is 5.91 Å². The smallest absolute Gasteiger partial charge is 0.255 e. The third kappa shape index (κ3) is 3.71. The SMILES string of the molecule is CCc1nc(-c2ccc(C(=O)Nc3cc(C)cc(C)c3)cc2)cs1. The zero-order valence-corrected chi connectivity index (χ0v) is 14.9. The van der Waals surface area contributed by atoms with Crippen molar-refractivity contribution in [2.75, 3.05) is 5.32 Å². The van der Waals surface area contributed by atoms with E-state index in [0.717, 1.165) is 39.5 Å². The number of aromatic nitrogens is 1. The number of hydrogen-bond donors (Lipinski definition) is 1. The molecule has 24 heavy (non-hydrogen) atoms. The Hall–Kier alpha value is -2.46. The largest absolute Gasteiger partial charge is 0.322 e. The van der Waals surface area contributed by atoms with Gasteiger partial charge >= 0.3 is 0 Å². The van der Waals surface area contributed by atoms with E-state index in [4.69, 9.17) is 0 Å². The van der Waals surface area contributed by atoms with Gasteiger partial charge in [0.1, 0.15) is 0 Å². The van der Waals surface area contributed by atoms with E-state index in [1.807, 2.05) is 50.2 Å². The van der Waals surface area contributed by atoms with Crippen LogP contribution in [0.4, 0.5) is 5.69 Å². The minimum absolute atomic E-state index is 0.0981. The van der Waals surface area contributed by atoms with E-state index in [1.54, 1.807) is 11.3 Å². The highest BCUT2D eigenvalue weighted by Crippen LogP contribution is 2.23. The molecule has 0 aliphatic carbocycles. The number of hydrogen-bond acceptors (Lipinski definition) is 3. The van der Waals surface area contributed by atoms with Gasteiger partial charge in [-0.15, -0.1) is 11.3 Å². The molecule has 0 saturated carbocycles. The van der Waals surface area contributed by atoms with Crippen molar-refractivity contribution >= 4 is 22.9 Å². The molecule has 4 heteroatoms. The van der Waals surface area contributed by atoms with Crippen molar-refractivity contribution in [1.29, 1.82) is 0 Å². The summed E-state index contributed by atoms with van der Waals surface area (Å²) in [6, 6.07) is 13.6. The maximum atomic E-state index is 12.4. The van der Waals surface area contributed by atoms with Crippen LogP contribution in [0.3, 0.4) is 0 Å². The number of nitrogens with zero attached hydrogens (tertiary/aromatic N) is 1. The number of rotatable bonds is 4. The van der Waals surface area contributed by atoms with Gasteiger partial charge in [-0.05, 0) is 55.7 Å². The van der Waals surface area contributed by atoms with E-state index >= 15 is 0 Å². The Morgan fingerprint density at radius 1 is 1.08 bits per heavy atom. The first-order valence-electron chi connectivity index (χ1n) is 7.99. The quantitative estimate of drug-likeness (QED) is 0.708. The number of anilines is 1. The predicted molar refractivity (Wildman–Crippen MR) is 101 cm³/mol. The summed E-state index contributed by atoms with van der Waals surface area (Å²) in [6.07, 6.45) is 0.946. The summed E-state index contributed by atoms with van der Waals surface area (Å²) in [5.74, 6) is -0.0981. The van der Waals surface area contributed by atoms with Gasteiger partial charge in [0.2, 0.25) is 0 Å². The average molecular weight is 336 g/mol. The molecule has 0 aliphatic heterocycles. The van der Waals surface area contributed by atoms with Crippen LogP contribution in [0.1, 0.15) is 33.4 Å². The Morgan fingerprint density at radius 2 is 1.75 bits per heavy atom. The highest BCUT2D eigenvalue weighted by atomic mass is 32.1. The molecule has 1 aromatic heterocycles. The third-order valence-electron chi connectivity index (χ3n) is 3.78. The minimum atomic E-state index is -0.0981. The van der Waals surface area contributed by atoms with Crippen molar-refractivity contribution in [3.63, 3.8) is 0 Å². The monoisotopic (exact) mass is 336 g/mol. The fraction of sp³-hybridized carbons (Fsp3) is 0.200. The summed E-state index contributed by atoms with van der Waals surface area (Å²) in [4.78, 5) is 17.0. The second-order valence-electron chi connectivity index (χ2n) is 5.89. The summed E-state index contributed by atoms with van der Waals surface area (Å²) < 4.78 is 0. The summed E-state index contributed by atoms with van der Waals surface area (Å²) in [6.45, 7) is 6.15. The molecule has 3 nitrogen and oxygen atoms in total. The van der Waals surface area contributed by atoms with Crippen LogP contribution < -0.4 is 5.32 Å². The molecule has 0 spiro atoms. The van der Waals surface area contributed by atoms with Crippen molar-refractivity contribution in [3.05, 3.63) is 69.5 Å². The van der Waals surface area contributed by atoms with E-state index in [1.165, 1.54) is 0 Å². The van der Waals surface area contributed by atoms with Gasteiger partial charge in [-0.1, -0.05) is 25.1 Å². The first kappa shape index (κ1) is 16.4. The van der Waals surface area contributed by atoms with Crippen LogP contribution >= 0.6 is 11.3 Å². The first-order chi connectivity index (χ1) is 11.5. The van der Waals surface area contributed by atoms with Crippen LogP contribution in [0.5, 0.6) is 0 Å². The van der Waals surface area contributed by atoms with E-state index in [-0.39, 0.29) is 5.91 Å². The normalized spacial score (nSPS) is 10.6. The summed E-state index contributed by atoms with van der Waals surface area (Å²) in [5, 5.41) is 6.15. The Bertz CT molecular complexity index is 845. The lowest BCUT2D eigenvalue weighted by atomic mass is 10.1. The molecule has 2 aromatic carbocycles. The Balaban J connectivity index is 1.76. The van der Waals surface area contributed by atoms with Gasteiger partial charge in [0.05, 0.1) is 10.7 Å². The molecule has 0 atom stereocenters. The lowest BCUT2D eigenvalue weighted by molar-refractivity contribution is 0.102. The number of carbonyl (C=O) groups excluding carboxylic acids is 1. The van der Waals surface area contributed by atoms with Crippen molar-refractivity contribution in [3.8, 4) is 11.3 Å². The van der Waals surface area contributed by atoms with Gasteiger partial charge < -0.3 is 5.32 Å². The van der Waals surface area contributed by atoms with E-state index in [2.05, 4.69) is 28.7 Å². The lowest BCUT2D eigenvalue weighted by Crippen LogP contribution is -2.12. The number of amides is 1. The topological polar surface area (TPSA) is 42.0 Å². The molecule has 0 saturated heterocycles. The van der Waals surface area contributed by atoms with Crippen LogP contribution in [-0.4, -0.2) is 10.9 Å². The van der Waals surface area contributed by atoms with E-state index < -0.39 is 0 Å². The fourth-order valence-corrected chi connectivity index (χ4v) is 3.40. The molecule has 1 N–H and O–H groups in total. The Kier molecular flexibility index (Phi) is 4.76. The zero-order chi connectivity index (χ0) is 17.1. The van der Waals surface area contributed by atoms with Crippen LogP contribution in [0.25, 0.3) is 11.3 Å². The molecule has 122 valence electrons. The van der Waals surface area contributed by atoms with Crippen LogP contribution in [0.15, 0.2) is 47.8 Å². The fourth-order valence-electron chi connectivity index (χ4n) is 2.65. The molecule has 3 aromatic rings. The highest BCUT2D eigenvalue weighted by Gasteiger charge is 2.08. The average Bonchev–Trinajstić information content (AvgIpc) is 3.03. The van der Waals surface area contributed by atoms with Gasteiger partial charge in [-0.25, -0.2) is 4.98 Å². The van der Waals surface area contributed by atoms with Crippen molar-refractivity contribution in [1.82, 2.24) is 4.98 Å². The van der Waals surface area contributed by atoms with Crippen LogP contribution in [0, 0.1) is 13.8 Å². The number of thiazole rings is 1. The summed E-state index contributed by atoms with van der Waals surface area (Å²) in [5.41, 5.74) is 5.75. The number of carbonyl (C=O) groups is 1. The van der Waals surface area contributed by atoms with Gasteiger partial charge in [0.15, 0.2) is 0 Å². The second-order valence-corrected chi connectivity index (χ2v) is 6.83. The van der Waals surface area contributed by atoms with Gasteiger partial charge in [-0.3, -0.25) is 4.79 Å². The van der Waals surface area contributed by atoms with Crippen LogP contribution in [0.2, 0.25) is 0 Å².